The maximum absolute atomic E-state index is 11.1. The Hall–Kier alpha value is -1.82. The number of anilines is 1. The Morgan fingerprint density at radius 3 is 2.52 bits per heavy atom. The first kappa shape index (κ1) is 18.0. The summed E-state index contributed by atoms with van der Waals surface area (Å²) in [6.45, 7) is 5.82. The van der Waals surface area contributed by atoms with E-state index in [9.17, 15) is 4.79 Å². The van der Waals surface area contributed by atoms with Crippen molar-refractivity contribution >= 4 is 23.5 Å². The van der Waals surface area contributed by atoms with Crippen molar-refractivity contribution < 1.29 is 4.79 Å². The van der Waals surface area contributed by atoms with Gasteiger partial charge in [0.05, 0.1) is 5.69 Å². The minimum Gasteiger partial charge on any atom is -0.341 e. The minimum atomic E-state index is 0.245. The van der Waals surface area contributed by atoms with E-state index < -0.39 is 0 Å². The molecule has 2 aromatic rings. The highest BCUT2D eigenvalue weighted by atomic mass is 32.2. The van der Waals surface area contributed by atoms with Gasteiger partial charge in [0.15, 0.2) is 5.16 Å². The van der Waals surface area contributed by atoms with E-state index in [0.717, 1.165) is 42.1 Å². The van der Waals surface area contributed by atoms with Gasteiger partial charge in [0.1, 0.15) is 5.78 Å². The molecule has 0 atom stereocenters. The lowest BCUT2D eigenvalue weighted by Crippen LogP contribution is -2.31. The smallest absolute Gasteiger partial charge is 0.232 e. The van der Waals surface area contributed by atoms with Crippen molar-refractivity contribution in [2.45, 2.75) is 51.1 Å². The van der Waals surface area contributed by atoms with Crippen LogP contribution in [0, 0.1) is 6.92 Å². The summed E-state index contributed by atoms with van der Waals surface area (Å²) in [6, 6.07) is 8.51. The van der Waals surface area contributed by atoms with Crippen LogP contribution < -0.4 is 4.90 Å². The predicted octanol–water partition coefficient (Wildman–Crippen LogP) is 4.03. The van der Waals surface area contributed by atoms with Crippen molar-refractivity contribution in [2.75, 3.05) is 23.7 Å². The number of aromatic nitrogens is 3. The molecule has 1 aromatic heterocycles. The van der Waals surface area contributed by atoms with E-state index in [0.29, 0.717) is 6.42 Å². The molecule has 1 fully saturated rings. The van der Waals surface area contributed by atoms with E-state index in [4.69, 9.17) is 0 Å². The molecule has 0 spiro atoms. The first-order chi connectivity index (χ1) is 12.1. The quantitative estimate of drug-likeness (QED) is 0.552. The van der Waals surface area contributed by atoms with Crippen molar-refractivity contribution in [3.63, 3.8) is 0 Å². The third kappa shape index (κ3) is 4.63. The number of Topliss-reactive ketones (excluding diaryl/α,β-unsaturated/α-hetero) is 1. The molecule has 134 valence electrons. The van der Waals surface area contributed by atoms with E-state index in [1.54, 1.807) is 18.7 Å². The summed E-state index contributed by atoms with van der Waals surface area (Å²) in [6.07, 6.45) is 5.22. The zero-order valence-electron chi connectivity index (χ0n) is 15.1. The minimum absolute atomic E-state index is 0.245. The number of piperidine rings is 1. The van der Waals surface area contributed by atoms with Gasteiger partial charge in [0.2, 0.25) is 5.95 Å². The molecule has 25 heavy (non-hydrogen) atoms. The fourth-order valence-corrected chi connectivity index (χ4v) is 3.94. The second-order valence-electron chi connectivity index (χ2n) is 6.66. The summed E-state index contributed by atoms with van der Waals surface area (Å²) in [7, 11) is 0. The van der Waals surface area contributed by atoms with Gasteiger partial charge in [-0.25, -0.2) is 0 Å². The fourth-order valence-electron chi connectivity index (χ4n) is 3.06. The third-order valence-electron chi connectivity index (χ3n) is 4.45. The van der Waals surface area contributed by atoms with Crippen LogP contribution in [0.2, 0.25) is 0 Å². The summed E-state index contributed by atoms with van der Waals surface area (Å²) in [5.74, 6) is 2.07. The van der Waals surface area contributed by atoms with E-state index in [1.807, 2.05) is 0 Å². The molecule has 0 saturated carbocycles. The van der Waals surface area contributed by atoms with Crippen LogP contribution in [0.25, 0.3) is 5.69 Å². The Bertz CT molecular complexity index is 705. The second kappa shape index (κ2) is 8.52. The summed E-state index contributed by atoms with van der Waals surface area (Å²) >= 11 is 1.68. The van der Waals surface area contributed by atoms with Gasteiger partial charge in [0.25, 0.3) is 0 Å². The van der Waals surface area contributed by atoms with Gasteiger partial charge >= 0.3 is 0 Å². The topological polar surface area (TPSA) is 51.0 Å². The number of carbonyl (C=O) groups excluding carboxylic acids is 1. The van der Waals surface area contributed by atoms with Crippen molar-refractivity contribution in [1.82, 2.24) is 14.8 Å². The molecule has 1 aliphatic heterocycles. The molecule has 5 nitrogen and oxygen atoms in total. The van der Waals surface area contributed by atoms with Crippen molar-refractivity contribution in [1.29, 1.82) is 0 Å². The lowest BCUT2D eigenvalue weighted by atomic mass is 10.1. The van der Waals surface area contributed by atoms with Gasteiger partial charge in [0, 0.05) is 25.3 Å². The average molecular weight is 359 g/mol. The van der Waals surface area contributed by atoms with Crippen LogP contribution in [0.3, 0.4) is 0 Å². The van der Waals surface area contributed by atoms with E-state index >= 15 is 0 Å². The molecule has 1 saturated heterocycles. The Balaban J connectivity index is 1.85. The number of hydrogen-bond donors (Lipinski definition) is 0. The van der Waals surface area contributed by atoms with Crippen LogP contribution >= 0.6 is 11.8 Å². The highest BCUT2D eigenvalue weighted by Gasteiger charge is 2.21. The Morgan fingerprint density at radius 1 is 1.12 bits per heavy atom. The molecular weight excluding hydrogens is 332 g/mol. The SMILES string of the molecule is CC(=O)CCCSc1nnc(N2CCCCC2)n1-c1ccc(C)cc1. The zero-order chi connectivity index (χ0) is 17.6. The van der Waals surface area contributed by atoms with Gasteiger partial charge in [-0.15, -0.1) is 10.2 Å². The van der Waals surface area contributed by atoms with Gasteiger partial charge < -0.3 is 9.69 Å². The molecule has 0 radical (unpaired) electrons. The molecule has 3 rings (SSSR count). The normalized spacial score (nSPS) is 14.7. The number of rotatable bonds is 7. The number of carbonyl (C=O) groups is 1. The maximum atomic E-state index is 11.1. The number of nitrogens with zero attached hydrogens (tertiary/aromatic N) is 4. The highest BCUT2D eigenvalue weighted by molar-refractivity contribution is 7.99. The van der Waals surface area contributed by atoms with E-state index in [-0.39, 0.29) is 5.78 Å². The van der Waals surface area contributed by atoms with Crippen LogP contribution in [0.15, 0.2) is 29.4 Å². The number of hydrogen-bond acceptors (Lipinski definition) is 5. The number of ketones is 1. The van der Waals surface area contributed by atoms with Crippen LogP contribution in [0.4, 0.5) is 5.95 Å². The lowest BCUT2D eigenvalue weighted by Gasteiger charge is -2.27. The molecular formula is C19H26N4OS. The zero-order valence-corrected chi connectivity index (χ0v) is 15.9. The summed E-state index contributed by atoms with van der Waals surface area (Å²) in [5, 5.41) is 9.87. The van der Waals surface area contributed by atoms with Gasteiger partial charge in [-0.2, -0.15) is 0 Å². The Labute approximate surface area is 153 Å². The van der Waals surface area contributed by atoms with Crippen molar-refractivity contribution in [3.8, 4) is 5.69 Å². The monoisotopic (exact) mass is 358 g/mol. The standard InChI is InChI=1S/C19H26N4OS/c1-15-8-10-17(11-9-15)23-18(22-12-4-3-5-13-22)20-21-19(23)25-14-6-7-16(2)24/h8-11H,3-7,12-14H2,1-2H3. The largest absolute Gasteiger partial charge is 0.341 e. The predicted molar refractivity (Wildman–Crippen MR) is 103 cm³/mol. The summed E-state index contributed by atoms with van der Waals surface area (Å²) in [5.41, 5.74) is 2.34. The molecule has 0 N–H and O–H groups in total. The Morgan fingerprint density at radius 2 is 1.84 bits per heavy atom. The second-order valence-corrected chi connectivity index (χ2v) is 7.72. The molecule has 1 aromatic carbocycles. The first-order valence-electron chi connectivity index (χ1n) is 9.05. The Kier molecular flexibility index (Phi) is 6.13. The number of benzene rings is 1. The van der Waals surface area contributed by atoms with Crippen molar-refractivity contribution in [2.24, 2.45) is 0 Å². The van der Waals surface area contributed by atoms with Crippen LogP contribution in [-0.2, 0) is 4.79 Å². The highest BCUT2D eigenvalue weighted by Crippen LogP contribution is 2.29. The summed E-state index contributed by atoms with van der Waals surface area (Å²) < 4.78 is 2.17. The third-order valence-corrected chi connectivity index (χ3v) is 5.47. The first-order valence-corrected chi connectivity index (χ1v) is 10.0. The summed E-state index contributed by atoms with van der Waals surface area (Å²) in [4.78, 5) is 13.5. The molecule has 0 unspecified atom stereocenters. The van der Waals surface area contributed by atoms with Gasteiger partial charge in [-0.3, -0.25) is 4.57 Å². The number of aryl methyl sites for hydroxylation is 1. The molecule has 2 heterocycles. The number of thioether (sulfide) groups is 1. The van der Waals surface area contributed by atoms with Crippen LogP contribution in [0.1, 0.15) is 44.6 Å². The van der Waals surface area contributed by atoms with Gasteiger partial charge in [-0.05, 0) is 51.7 Å². The molecule has 0 aliphatic carbocycles. The molecule has 6 heteroatoms. The average Bonchev–Trinajstić information content (AvgIpc) is 3.04. The molecule has 0 bridgehead atoms. The molecule has 0 amide bonds. The maximum Gasteiger partial charge on any atom is 0.232 e. The van der Waals surface area contributed by atoms with E-state index in [2.05, 4.69) is 50.9 Å². The molecule has 1 aliphatic rings. The van der Waals surface area contributed by atoms with Crippen LogP contribution in [-0.4, -0.2) is 39.4 Å². The van der Waals surface area contributed by atoms with E-state index in [1.165, 1.54) is 24.8 Å². The van der Waals surface area contributed by atoms with Crippen LogP contribution in [0.5, 0.6) is 0 Å². The van der Waals surface area contributed by atoms with Gasteiger partial charge in [-0.1, -0.05) is 29.5 Å². The lowest BCUT2D eigenvalue weighted by molar-refractivity contribution is -0.117. The van der Waals surface area contributed by atoms with Crippen molar-refractivity contribution in [3.05, 3.63) is 29.8 Å². The fraction of sp³-hybridized carbons (Fsp3) is 0.526.